The molecule has 24 heavy (non-hydrogen) atoms. The molecule has 1 amide bonds. The molecule has 2 aliphatic rings. The van der Waals surface area contributed by atoms with Crippen molar-refractivity contribution < 1.29 is 14.3 Å². The van der Waals surface area contributed by atoms with Gasteiger partial charge in [-0.1, -0.05) is 29.8 Å². The van der Waals surface area contributed by atoms with E-state index in [1.807, 2.05) is 0 Å². The van der Waals surface area contributed by atoms with E-state index in [0.29, 0.717) is 11.8 Å². The summed E-state index contributed by atoms with van der Waals surface area (Å²) in [5.41, 5.74) is 2.62. The van der Waals surface area contributed by atoms with Crippen molar-refractivity contribution in [2.75, 3.05) is 33.4 Å². The van der Waals surface area contributed by atoms with Gasteiger partial charge in [-0.2, -0.15) is 0 Å². The molecule has 0 aliphatic carbocycles. The smallest absolute Gasteiger partial charge is 0.225 e. The Bertz CT molecular complexity index is 554. The lowest BCUT2D eigenvalue weighted by molar-refractivity contribution is -0.142. The van der Waals surface area contributed by atoms with Gasteiger partial charge in [-0.3, -0.25) is 4.79 Å². The number of rotatable bonds is 4. The van der Waals surface area contributed by atoms with Gasteiger partial charge in [0, 0.05) is 45.2 Å². The van der Waals surface area contributed by atoms with E-state index in [2.05, 4.69) is 36.1 Å². The van der Waals surface area contributed by atoms with Crippen LogP contribution in [0.1, 0.15) is 30.4 Å². The van der Waals surface area contributed by atoms with Crippen LogP contribution >= 0.6 is 0 Å². The quantitative estimate of drug-likeness (QED) is 0.851. The first kappa shape index (κ1) is 17.4. The monoisotopic (exact) mass is 331 g/mol. The van der Waals surface area contributed by atoms with Gasteiger partial charge in [-0.25, -0.2) is 0 Å². The Morgan fingerprint density at radius 1 is 1.29 bits per heavy atom. The van der Waals surface area contributed by atoms with Crippen molar-refractivity contribution in [2.45, 2.75) is 38.7 Å². The van der Waals surface area contributed by atoms with Gasteiger partial charge in [0.25, 0.3) is 0 Å². The maximum atomic E-state index is 12.8. The highest BCUT2D eigenvalue weighted by atomic mass is 16.5. The normalized spacial score (nSPS) is 25.7. The molecular formula is C20H29NO3. The second-order valence-corrected chi connectivity index (χ2v) is 7.19. The van der Waals surface area contributed by atoms with Crippen LogP contribution in [0, 0.1) is 18.8 Å². The van der Waals surface area contributed by atoms with Gasteiger partial charge in [0.05, 0.1) is 6.10 Å². The Hall–Kier alpha value is -1.39. The van der Waals surface area contributed by atoms with Crippen molar-refractivity contribution in [1.82, 2.24) is 4.90 Å². The molecule has 0 N–H and O–H groups in total. The number of methoxy groups -OCH3 is 1. The number of nitrogens with zero attached hydrogens (tertiary/aromatic N) is 1. The molecular weight excluding hydrogens is 302 g/mol. The summed E-state index contributed by atoms with van der Waals surface area (Å²) >= 11 is 0. The van der Waals surface area contributed by atoms with Gasteiger partial charge in [0.15, 0.2) is 0 Å². The summed E-state index contributed by atoms with van der Waals surface area (Å²) in [5.74, 6) is 0.842. The maximum Gasteiger partial charge on any atom is 0.225 e. The maximum absolute atomic E-state index is 12.8. The SMILES string of the molecule is CO[C@@H]1CCN(C(=O)C2CCOCC2)C[C@@H]1Cc1cccc(C)c1. The topological polar surface area (TPSA) is 38.8 Å². The van der Waals surface area contributed by atoms with Crippen molar-refractivity contribution in [2.24, 2.45) is 11.8 Å². The number of hydrogen-bond donors (Lipinski definition) is 0. The van der Waals surface area contributed by atoms with Crippen molar-refractivity contribution >= 4 is 5.91 Å². The highest BCUT2D eigenvalue weighted by molar-refractivity contribution is 5.79. The number of aryl methyl sites for hydroxylation is 1. The lowest BCUT2D eigenvalue weighted by atomic mass is 9.87. The zero-order valence-corrected chi connectivity index (χ0v) is 14.9. The average molecular weight is 331 g/mol. The molecule has 0 radical (unpaired) electrons. The van der Waals surface area contributed by atoms with Gasteiger partial charge in [-0.05, 0) is 38.2 Å². The predicted octanol–water partition coefficient (Wildman–Crippen LogP) is 2.83. The molecule has 4 heteroatoms. The molecule has 0 aromatic heterocycles. The van der Waals surface area contributed by atoms with Crippen LogP contribution in [0.3, 0.4) is 0 Å². The standard InChI is InChI=1S/C20H29NO3/c1-15-4-3-5-16(12-15)13-18-14-21(9-6-19(18)23-2)20(22)17-7-10-24-11-8-17/h3-5,12,17-19H,6-11,13-14H2,1-2H3/t18-,19+/m0/s1. The van der Waals surface area contributed by atoms with Gasteiger partial charge in [0.1, 0.15) is 0 Å². The van der Waals surface area contributed by atoms with Crippen LogP contribution < -0.4 is 0 Å². The van der Waals surface area contributed by atoms with E-state index in [1.54, 1.807) is 7.11 Å². The Kier molecular flexibility index (Phi) is 5.90. The number of likely N-dealkylation sites (tertiary alicyclic amines) is 1. The van der Waals surface area contributed by atoms with Crippen molar-refractivity contribution in [3.05, 3.63) is 35.4 Å². The highest BCUT2D eigenvalue weighted by Crippen LogP contribution is 2.27. The fourth-order valence-corrected chi connectivity index (χ4v) is 4.06. The number of piperidine rings is 1. The van der Waals surface area contributed by atoms with E-state index >= 15 is 0 Å². The zero-order valence-electron chi connectivity index (χ0n) is 14.9. The Balaban J connectivity index is 1.66. The van der Waals surface area contributed by atoms with Crippen LogP contribution in [-0.4, -0.2) is 50.3 Å². The van der Waals surface area contributed by atoms with Crippen molar-refractivity contribution in [3.8, 4) is 0 Å². The minimum atomic E-state index is 0.150. The number of carbonyl (C=O) groups excluding carboxylic acids is 1. The summed E-state index contributed by atoms with van der Waals surface area (Å²) in [6, 6.07) is 8.66. The largest absolute Gasteiger partial charge is 0.381 e. The molecule has 2 saturated heterocycles. The number of benzene rings is 1. The predicted molar refractivity (Wildman–Crippen MR) is 93.9 cm³/mol. The molecule has 0 saturated carbocycles. The molecule has 2 aliphatic heterocycles. The fraction of sp³-hybridized carbons (Fsp3) is 0.650. The summed E-state index contributed by atoms with van der Waals surface area (Å²) in [6.45, 7) is 5.19. The number of carbonyl (C=O) groups is 1. The summed E-state index contributed by atoms with van der Waals surface area (Å²) in [7, 11) is 1.80. The number of hydrogen-bond acceptors (Lipinski definition) is 3. The second-order valence-electron chi connectivity index (χ2n) is 7.19. The van der Waals surface area contributed by atoms with E-state index < -0.39 is 0 Å². The average Bonchev–Trinajstić information content (AvgIpc) is 2.62. The molecule has 0 spiro atoms. The van der Waals surface area contributed by atoms with Crippen LogP contribution in [0.25, 0.3) is 0 Å². The molecule has 0 bridgehead atoms. The highest BCUT2D eigenvalue weighted by Gasteiger charge is 2.34. The first-order valence-corrected chi connectivity index (χ1v) is 9.12. The van der Waals surface area contributed by atoms with Gasteiger partial charge < -0.3 is 14.4 Å². The minimum Gasteiger partial charge on any atom is -0.381 e. The summed E-state index contributed by atoms with van der Waals surface area (Å²) < 4.78 is 11.1. The van der Waals surface area contributed by atoms with E-state index in [9.17, 15) is 4.79 Å². The third-order valence-corrected chi connectivity index (χ3v) is 5.43. The van der Waals surface area contributed by atoms with Gasteiger partial charge >= 0.3 is 0 Å². The van der Waals surface area contributed by atoms with E-state index in [4.69, 9.17) is 9.47 Å². The summed E-state index contributed by atoms with van der Waals surface area (Å²) in [5, 5.41) is 0. The van der Waals surface area contributed by atoms with Crippen molar-refractivity contribution in [1.29, 1.82) is 0 Å². The van der Waals surface area contributed by atoms with Crippen LogP contribution in [0.5, 0.6) is 0 Å². The molecule has 4 nitrogen and oxygen atoms in total. The third-order valence-electron chi connectivity index (χ3n) is 5.43. The molecule has 2 atom stereocenters. The van der Waals surface area contributed by atoms with Crippen LogP contribution in [-0.2, 0) is 20.7 Å². The van der Waals surface area contributed by atoms with E-state index in [0.717, 1.165) is 52.0 Å². The lowest BCUT2D eigenvalue weighted by Crippen LogP contribution is -2.49. The Morgan fingerprint density at radius 2 is 2.08 bits per heavy atom. The fourth-order valence-electron chi connectivity index (χ4n) is 4.06. The molecule has 1 aromatic carbocycles. The van der Waals surface area contributed by atoms with Crippen LogP contribution in [0.2, 0.25) is 0 Å². The first-order valence-electron chi connectivity index (χ1n) is 9.12. The third kappa shape index (κ3) is 4.17. The second kappa shape index (κ2) is 8.13. The lowest BCUT2D eigenvalue weighted by Gasteiger charge is -2.40. The number of ether oxygens (including phenoxy) is 2. The Labute approximate surface area is 145 Å². The van der Waals surface area contributed by atoms with E-state index in [-0.39, 0.29) is 12.0 Å². The summed E-state index contributed by atoms with van der Waals surface area (Å²) in [4.78, 5) is 14.9. The van der Waals surface area contributed by atoms with Gasteiger partial charge in [-0.15, -0.1) is 0 Å². The van der Waals surface area contributed by atoms with Gasteiger partial charge in [0.2, 0.25) is 5.91 Å². The van der Waals surface area contributed by atoms with Crippen LogP contribution in [0.15, 0.2) is 24.3 Å². The molecule has 2 heterocycles. The summed E-state index contributed by atoms with van der Waals surface area (Å²) in [6.07, 6.45) is 3.88. The molecule has 0 unspecified atom stereocenters. The molecule has 3 rings (SSSR count). The minimum absolute atomic E-state index is 0.150. The number of amides is 1. The molecule has 132 valence electrons. The zero-order chi connectivity index (χ0) is 16.9. The molecule has 1 aromatic rings. The van der Waals surface area contributed by atoms with Crippen molar-refractivity contribution in [3.63, 3.8) is 0 Å². The van der Waals surface area contributed by atoms with E-state index in [1.165, 1.54) is 11.1 Å². The van der Waals surface area contributed by atoms with Crippen LogP contribution in [0.4, 0.5) is 0 Å². The Morgan fingerprint density at radius 3 is 2.79 bits per heavy atom. The first-order chi connectivity index (χ1) is 11.7. The molecule has 2 fully saturated rings.